The van der Waals surface area contributed by atoms with E-state index < -0.39 is 23.6 Å². The lowest BCUT2D eigenvalue weighted by Crippen LogP contribution is -2.19. The van der Waals surface area contributed by atoms with Crippen molar-refractivity contribution in [2.45, 2.75) is 38.2 Å². The van der Waals surface area contributed by atoms with E-state index in [0.29, 0.717) is 40.6 Å². The van der Waals surface area contributed by atoms with Gasteiger partial charge in [-0.1, -0.05) is 83.5 Å². The van der Waals surface area contributed by atoms with Crippen LogP contribution in [0.2, 0.25) is 5.02 Å². The molecule has 1 aliphatic carbocycles. The second kappa shape index (κ2) is 9.75. The van der Waals surface area contributed by atoms with Crippen LogP contribution in [0.15, 0.2) is 77.3 Å². The largest absolute Gasteiger partial charge is 0.481 e. The number of hydrogen-bond donors (Lipinski definition) is 2. The summed E-state index contributed by atoms with van der Waals surface area (Å²) in [6, 6.07) is 22.5. The highest BCUT2D eigenvalue weighted by atomic mass is 35.5. The third kappa shape index (κ3) is 4.82. The molecule has 5 rings (SSSR count). The Bertz CT molecular complexity index is 1460. The van der Waals surface area contributed by atoms with E-state index in [4.69, 9.17) is 20.9 Å². The van der Waals surface area contributed by atoms with Crippen molar-refractivity contribution < 1.29 is 24.0 Å². The van der Waals surface area contributed by atoms with Gasteiger partial charge >= 0.3 is 12.1 Å². The van der Waals surface area contributed by atoms with E-state index in [9.17, 15) is 14.7 Å². The third-order valence-electron chi connectivity index (χ3n) is 6.81. The first-order valence-electron chi connectivity index (χ1n) is 11.9. The Balaban J connectivity index is 1.30. The molecular weight excluding hydrogens is 492 g/mol. The van der Waals surface area contributed by atoms with Gasteiger partial charge < -0.3 is 14.4 Å². The molecule has 1 saturated carbocycles. The van der Waals surface area contributed by atoms with E-state index in [2.05, 4.69) is 10.5 Å². The van der Waals surface area contributed by atoms with Crippen molar-refractivity contribution in [2.24, 2.45) is 0 Å². The number of nitrogens with one attached hydrogen (secondary N) is 1. The lowest BCUT2D eigenvalue weighted by atomic mass is 9.93. The van der Waals surface area contributed by atoms with E-state index in [1.54, 1.807) is 19.9 Å². The van der Waals surface area contributed by atoms with Gasteiger partial charge in [0.25, 0.3) is 0 Å². The molecule has 4 aromatic rings. The number of aryl methyl sites for hydroxylation is 1. The van der Waals surface area contributed by atoms with Crippen LogP contribution in [0.5, 0.6) is 0 Å². The highest BCUT2D eigenvalue weighted by molar-refractivity contribution is 6.31. The smallest absolute Gasteiger partial charge is 0.412 e. The molecule has 1 aliphatic rings. The number of hydrogen-bond acceptors (Lipinski definition) is 5. The molecule has 0 radical (unpaired) electrons. The molecule has 37 heavy (non-hydrogen) atoms. The molecule has 1 amide bonds. The first-order valence-corrected chi connectivity index (χ1v) is 12.3. The van der Waals surface area contributed by atoms with Crippen LogP contribution in [0.1, 0.15) is 42.8 Å². The van der Waals surface area contributed by atoms with Crippen LogP contribution in [0, 0.1) is 6.92 Å². The number of anilines is 1. The van der Waals surface area contributed by atoms with Crippen molar-refractivity contribution in [3.8, 4) is 22.4 Å². The highest BCUT2D eigenvalue weighted by Crippen LogP contribution is 2.48. The summed E-state index contributed by atoms with van der Waals surface area (Å²) >= 11 is 6.22. The fraction of sp³-hybridized carbons (Fsp3) is 0.207. The molecule has 8 heteroatoms. The number of amides is 1. The Morgan fingerprint density at radius 3 is 2.19 bits per heavy atom. The predicted molar refractivity (Wildman–Crippen MR) is 141 cm³/mol. The number of carboxylic acids is 1. The Morgan fingerprint density at radius 2 is 1.59 bits per heavy atom. The zero-order valence-corrected chi connectivity index (χ0v) is 21.1. The molecule has 3 aromatic carbocycles. The van der Waals surface area contributed by atoms with Gasteiger partial charge in [0, 0.05) is 16.1 Å². The summed E-state index contributed by atoms with van der Waals surface area (Å²) in [4.78, 5) is 24.2. The molecule has 1 fully saturated rings. The van der Waals surface area contributed by atoms with Crippen LogP contribution in [-0.2, 0) is 14.9 Å². The minimum atomic E-state index is -0.765. The summed E-state index contributed by atoms with van der Waals surface area (Å²) in [5.41, 5.74) is 4.44. The molecule has 1 atom stereocenters. The lowest BCUT2D eigenvalue weighted by Gasteiger charge is -2.15. The van der Waals surface area contributed by atoms with Gasteiger partial charge in [-0.2, -0.15) is 0 Å². The molecular formula is C29H25ClN2O5. The summed E-state index contributed by atoms with van der Waals surface area (Å²) < 4.78 is 10.9. The topological polar surface area (TPSA) is 102 Å². The number of carbonyl (C=O) groups is 2. The quantitative estimate of drug-likeness (QED) is 0.265. The molecule has 188 valence electrons. The van der Waals surface area contributed by atoms with Gasteiger partial charge in [-0.15, -0.1) is 0 Å². The van der Waals surface area contributed by atoms with Crippen molar-refractivity contribution in [1.29, 1.82) is 0 Å². The van der Waals surface area contributed by atoms with Gasteiger partial charge in [-0.05, 0) is 49.4 Å². The normalized spacial score (nSPS) is 14.6. The maximum Gasteiger partial charge on any atom is 0.412 e. The Hall–Kier alpha value is -4.10. The zero-order valence-electron chi connectivity index (χ0n) is 20.3. The van der Waals surface area contributed by atoms with Crippen LogP contribution in [0.4, 0.5) is 10.5 Å². The second-order valence-electron chi connectivity index (χ2n) is 9.20. The van der Waals surface area contributed by atoms with E-state index in [0.717, 1.165) is 22.3 Å². The minimum Gasteiger partial charge on any atom is -0.481 e. The van der Waals surface area contributed by atoms with Gasteiger partial charge in [0.1, 0.15) is 17.5 Å². The number of carbonyl (C=O) groups excluding carboxylic acids is 1. The monoisotopic (exact) mass is 516 g/mol. The maximum atomic E-state index is 12.6. The Labute approximate surface area is 219 Å². The number of nitrogens with zero attached hydrogens (tertiary/aromatic N) is 1. The number of rotatable bonds is 7. The number of aromatic nitrogens is 1. The average molecular weight is 517 g/mol. The van der Waals surface area contributed by atoms with Crippen molar-refractivity contribution in [3.05, 3.63) is 94.7 Å². The first kappa shape index (κ1) is 24.6. The second-order valence-corrected chi connectivity index (χ2v) is 9.61. The summed E-state index contributed by atoms with van der Waals surface area (Å²) in [7, 11) is 0. The number of aliphatic carboxylic acids is 1. The fourth-order valence-electron chi connectivity index (χ4n) is 4.43. The van der Waals surface area contributed by atoms with Gasteiger partial charge in [0.05, 0.1) is 5.41 Å². The van der Waals surface area contributed by atoms with Gasteiger partial charge in [0.15, 0.2) is 5.76 Å². The van der Waals surface area contributed by atoms with Crippen molar-refractivity contribution >= 4 is 29.4 Å². The number of carboxylic acid groups (broad SMARTS) is 1. The summed E-state index contributed by atoms with van der Waals surface area (Å²) in [5.74, 6) is -0.316. The van der Waals surface area contributed by atoms with E-state index in [1.165, 1.54) is 0 Å². The average Bonchev–Trinajstić information content (AvgIpc) is 3.64. The van der Waals surface area contributed by atoms with E-state index in [-0.39, 0.29) is 0 Å². The van der Waals surface area contributed by atoms with Gasteiger partial charge in [0.2, 0.25) is 0 Å². The van der Waals surface area contributed by atoms with Crippen LogP contribution in [0.25, 0.3) is 22.4 Å². The number of halogens is 1. The van der Waals surface area contributed by atoms with Gasteiger partial charge in [-0.3, -0.25) is 10.1 Å². The lowest BCUT2D eigenvalue weighted by molar-refractivity contribution is -0.140. The number of ether oxygens (including phenoxy) is 1. The van der Waals surface area contributed by atoms with Crippen molar-refractivity contribution in [1.82, 2.24) is 5.16 Å². The zero-order chi connectivity index (χ0) is 26.2. The molecule has 1 heterocycles. The SMILES string of the molecule is Cc1onc(-c2ccc(-c3ccc(C4(C(=O)O)CC4)cc3)cc2)c1NC(=O)O[C@H](C)c1ccccc1Cl. The molecule has 0 bridgehead atoms. The van der Waals surface area contributed by atoms with Gasteiger partial charge in [-0.25, -0.2) is 4.79 Å². The fourth-order valence-corrected chi connectivity index (χ4v) is 4.72. The molecule has 0 unspecified atom stereocenters. The van der Waals surface area contributed by atoms with Crippen LogP contribution in [-0.4, -0.2) is 22.3 Å². The highest BCUT2D eigenvalue weighted by Gasteiger charge is 2.51. The maximum absolute atomic E-state index is 12.6. The van der Waals surface area contributed by atoms with Crippen LogP contribution < -0.4 is 5.32 Å². The van der Waals surface area contributed by atoms with E-state index in [1.807, 2.05) is 66.7 Å². The van der Waals surface area contributed by atoms with Crippen molar-refractivity contribution in [3.63, 3.8) is 0 Å². The molecule has 0 aliphatic heterocycles. The summed E-state index contributed by atoms with van der Waals surface area (Å²) in [6.45, 7) is 3.46. The molecule has 0 saturated heterocycles. The molecule has 2 N–H and O–H groups in total. The van der Waals surface area contributed by atoms with E-state index >= 15 is 0 Å². The Morgan fingerprint density at radius 1 is 1.00 bits per heavy atom. The molecule has 0 spiro atoms. The molecule has 7 nitrogen and oxygen atoms in total. The third-order valence-corrected chi connectivity index (χ3v) is 7.15. The van der Waals surface area contributed by atoms with Crippen molar-refractivity contribution in [2.75, 3.05) is 5.32 Å². The minimum absolute atomic E-state index is 0.428. The Kier molecular flexibility index (Phi) is 6.48. The van der Waals surface area contributed by atoms with Crippen LogP contribution >= 0.6 is 11.6 Å². The summed E-state index contributed by atoms with van der Waals surface area (Å²) in [5, 5.41) is 16.9. The summed E-state index contributed by atoms with van der Waals surface area (Å²) in [6.07, 6.45) is 0.159. The predicted octanol–water partition coefficient (Wildman–Crippen LogP) is 7.40. The standard InChI is InChI=1S/C29H25ClN2O5/c1-17(23-5-3-4-6-24(23)30)36-28(35)31-25-18(2)37-32-26(25)21-9-7-19(8-10-21)20-11-13-22(14-12-20)29(15-16-29)27(33)34/h3-14,17H,15-16H2,1-2H3,(H,31,35)(H,33,34)/t17-/m1/s1. The number of benzene rings is 3. The molecule has 1 aromatic heterocycles. The van der Waals surface area contributed by atoms with Crippen LogP contribution in [0.3, 0.4) is 0 Å². The first-order chi connectivity index (χ1) is 17.8.